The third-order valence-electron chi connectivity index (χ3n) is 2.12. The van der Waals surface area contributed by atoms with Crippen molar-refractivity contribution in [1.82, 2.24) is 0 Å². The van der Waals surface area contributed by atoms with Crippen LogP contribution in [0.2, 0.25) is 0 Å². The molecule has 62 valence electrons. The van der Waals surface area contributed by atoms with Crippen LogP contribution < -0.4 is 0 Å². The minimum absolute atomic E-state index is 0.345. The largest absolute Gasteiger partial charge is 0.396 e. The molecule has 0 aliphatic rings. The molecule has 0 amide bonds. The molecular formula is C9H20O. The summed E-state index contributed by atoms with van der Waals surface area (Å²) in [5, 5.41) is 8.62. The van der Waals surface area contributed by atoms with Crippen molar-refractivity contribution in [3.8, 4) is 0 Å². The maximum Gasteiger partial charge on any atom is 0.0433 e. The molecule has 0 fully saturated rings. The molecule has 2 atom stereocenters. The Bertz CT molecular complexity index is 71.1. The fourth-order valence-electron chi connectivity index (χ4n) is 1.19. The van der Waals surface area contributed by atoms with Crippen molar-refractivity contribution in [2.24, 2.45) is 11.8 Å². The van der Waals surface area contributed by atoms with Crippen molar-refractivity contribution in [2.45, 2.75) is 40.0 Å². The van der Waals surface area contributed by atoms with E-state index in [1.165, 1.54) is 12.8 Å². The van der Waals surface area contributed by atoms with E-state index in [1.54, 1.807) is 0 Å². The maximum atomic E-state index is 8.62. The van der Waals surface area contributed by atoms with Gasteiger partial charge in [-0.25, -0.2) is 0 Å². The molecule has 0 saturated carbocycles. The number of hydrogen-bond donors (Lipinski definition) is 1. The second kappa shape index (κ2) is 5.72. The maximum absolute atomic E-state index is 8.62. The second-order valence-electron chi connectivity index (χ2n) is 3.37. The van der Waals surface area contributed by atoms with Gasteiger partial charge in [-0.3, -0.25) is 0 Å². The first-order chi connectivity index (χ1) is 4.70. The number of rotatable bonds is 5. The Morgan fingerprint density at radius 1 is 1.20 bits per heavy atom. The van der Waals surface area contributed by atoms with E-state index < -0.39 is 0 Å². The third-order valence-corrected chi connectivity index (χ3v) is 2.12. The van der Waals surface area contributed by atoms with Crippen LogP contribution in [0.25, 0.3) is 0 Å². The van der Waals surface area contributed by atoms with Crippen molar-refractivity contribution in [3.05, 3.63) is 0 Å². The highest BCUT2D eigenvalue weighted by molar-refractivity contribution is 4.57. The molecule has 0 aliphatic heterocycles. The van der Waals surface area contributed by atoms with Crippen molar-refractivity contribution in [1.29, 1.82) is 0 Å². The summed E-state index contributed by atoms with van der Waals surface area (Å²) in [5.74, 6) is 1.52. The highest BCUT2D eigenvalue weighted by Crippen LogP contribution is 2.16. The quantitative estimate of drug-likeness (QED) is 0.628. The lowest BCUT2D eigenvalue weighted by Crippen LogP contribution is -2.03. The predicted molar refractivity (Wildman–Crippen MR) is 44.9 cm³/mol. The van der Waals surface area contributed by atoms with Gasteiger partial charge in [-0.05, 0) is 24.7 Å². The van der Waals surface area contributed by atoms with Crippen LogP contribution in [-0.4, -0.2) is 11.7 Å². The Morgan fingerprint density at radius 3 is 2.20 bits per heavy atom. The molecule has 0 aromatic heterocycles. The molecule has 0 rings (SSSR count). The lowest BCUT2D eigenvalue weighted by molar-refractivity contribution is 0.247. The molecule has 0 aliphatic carbocycles. The minimum atomic E-state index is 0.345. The predicted octanol–water partition coefficient (Wildman–Crippen LogP) is 2.44. The monoisotopic (exact) mass is 144 g/mol. The molecule has 0 saturated heterocycles. The highest BCUT2D eigenvalue weighted by Gasteiger charge is 2.05. The van der Waals surface area contributed by atoms with Gasteiger partial charge in [0.05, 0.1) is 0 Å². The van der Waals surface area contributed by atoms with E-state index in [-0.39, 0.29) is 0 Å². The summed E-state index contributed by atoms with van der Waals surface area (Å²) < 4.78 is 0. The molecule has 0 radical (unpaired) electrons. The SMILES string of the molecule is CC[C@H](C)C[C@@H](C)CCO. The average molecular weight is 144 g/mol. The van der Waals surface area contributed by atoms with E-state index in [9.17, 15) is 0 Å². The Kier molecular flexibility index (Phi) is 5.70. The van der Waals surface area contributed by atoms with Crippen molar-refractivity contribution in [3.63, 3.8) is 0 Å². The van der Waals surface area contributed by atoms with Gasteiger partial charge in [-0.15, -0.1) is 0 Å². The smallest absolute Gasteiger partial charge is 0.0433 e. The number of aliphatic hydroxyl groups excluding tert-OH is 1. The third kappa shape index (κ3) is 4.80. The molecule has 1 heteroatoms. The van der Waals surface area contributed by atoms with Gasteiger partial charge in [0.15, 0.2) is 0 Å². The lowest BCUT2D eigenvalue weighted by atomic mass is 9.93. The van der Waals surface area contributed by atoms with Gasteiger partial charge in [0.2, 0.25) is 0 Å². The highest BCUT2D eigenvalue weighted by atomic mass is 16.2. The standard InChI is InChI=1S/C9H20O/c1-4-8(2)7-9(3)5-6-10/h8-10H,4-7H2,1-3H3/t8-,9-/m0/s1. The van der Waals surface area contributed by atoms with Crippen LogP contribution in [0.15, 0.2) is 0 Å². The summed E-state index contributed by atoms with van der Waals surface area (Å²) in [6, 6.07) is 0. The van der Waals surface area contributed by atoms with E-state index in [2.05, 4.69) is 20.8 Å². The molecule has 1 N–H and O–H groups in total. The summed E-state index contributed by atoms with van der Waals surface area (Å²) >= 11 is 0. The topological polar surface area (TPSA) is 20.2 Å². The van der Waals surface area contributed by atoms with E-state index in [0.29, 0.717) is 12.5 Å². The van der Waals surface area contributed by atoms with Gasteiger partial charge >= 0.3 is 0 Å². The Labute approximate surface area is 64.5 Å². The van der Waals surface area contributed by atoms with Gasteiger partial charge in [-0.1, -0.05) is 27.2 Å². The molecule has 0 bridgehead atoms. The lowest BCUT2D eigenvalue weighted by Gasteiger charge is -2.13. The summed E-state index contributed by atoms with van der Waals surface area (Å²) in [6.07, 6.45) is 3.48. The minimum Gasteiger partial charge on any atom is -0.396 e. The van der Waals surface area contributed by atoms with Gasteiger partial charge in [0.25, 0.3) is 0 Å². The zero-order valence-corrected chi connectivity index (χ0v) is 7.43. The van der Waals surface area contributed by atoms with Gasteiger partial charge < -0.3 is 5.11 Å². The summed E-state index contributed by atoms with van der Waals surface area (Å²) in [7, 11) is 0. The molecule has 0 aromatic rings. The fraction of sp³-hybridized carbons (Fsp3) is 1.00. The molecule has 0 spiro atoms. The van der Waals surface area contributed by atoms with Gasteiger partial charge in [0, 0.05) is 6.61 Å². The van der Waals surface area contributed by atoms with Crippen molar-refractivity contribution in [2.75, 3.05) is 6.61 Å². The zero-order chi connectivity index (χ0) is 7.98. The van der Waals surface area contributed by atoms with E-state index in [4.69, 9.17) is 5.11 Å². The number of hydrogen-bond acceptors (Lipinski definition) is 1. The summed E-state index contributed by atoms with van der Waals surface area (Å²) in [6.45, 7) is 7.05. The van der Waals surface area contributed by atoms with Crippen LogP contribution >= 0.6 is 0 Å². The Morgan fingerprint density at radius 2 is 1.80 bits per heavy atom. The summed E-state index contributed by atoms with van der Waals surface area (Å²) in [5.41, 5.74) is 0. The summed E-state index contributed by atoms with van der Waals surface area (Å²) in [4.78, 5) is 0. The Hall–Kier alpha value is -0.0400. The zero-order valence-electron chi connectivity index (χ0n) is 7.43. The van der Waals surface area contributed by atoms with Gasteiger partial charge in [0.1, 0.15) is 0 Å². The van der Waals surface area contributed by atoms with E-state index in [0.717, 1.165) is 12.3 Å². The molecular weight excluding hydrogens is 124 g/mol. The van der Waals surface area contributed by atoms with Crippen molar-refractivity contribution >= 4 is 0 Å². The van der Waals surface area contributed by atoms with Crippen molar-refractivity contribution < 1.29 is 5.11 Å². The first-order valence-corrected chi connectivity index (χ1v) is 4.31. The Balaban J connectivity index is 3.27. The van der Waals surface area contributed by atoms with Crippen LogP contribution in [0.3, 0.4) is 0 Å². The van der Waals surface area contributed by atoms with Crippen LogP contribution in [-0.2, 0) is 0 Å². The normalized spacial score (nSPS) is 16.8. The van der Waals surface area contributed by atoms with Crippen LogP contribution in [0, 0.1) is 11.8 Å². The molecule has 10 heavy (non-hydrogen) atoms. The van der Waals surface area contributed by atoms with Crippen LogP contribution in [0.5, 0.6) is 0 Å². The van der Waals surface area contributed by atoms with E-state index in [1.807, 2.05) is 0 Å². The van der Waals surface area contributed by atoms with Crippen LogP contribution in [0.1, 0.15) is 40.0 Å². The molecule has 0 unspecified atom stereocenters. The van der Waals surface area contributed by atoms with Crippen LogP contribution in [0.4, 0.5) is 0 Å². The van der Waals surface area contributed by atoms with Gasteiger partial charge in [-0.2, -0.15) is 0 Å². The first kappa shape index (κ1) is 9.96. The first-order valence-electron chi connectivity index (χ1n) is 4.31. The molecule has 1 nitrogen and oxygen atoms in total. The fourth-order valence-corrected chi connectivity index (χ4v) is 1.19. The number of aliphatic hydroxyl groups is 1. The molecule has 0 aromatic carbocycles. The van der Waals surface area contributed by atoms with E-state index >= 15 is 0 Å². The second-order valence-corrected chi connectivity index (χ2v) is 3.37. The average Bonchev–Trinajstić information content (AvgIpc) is 1.88. The molecule has 0 heterocycles.